The van der Waals surface area contributed by atoms with Crippen LogP contribution in [0.15, 0.2) is 29.2 Å². The van der Waals surface area contributed by atoms with Gasteiger partial charge in [-0.25, -0.2) is 8.99 Å². The van der Waals surface area contributed by atoms with Crippen molar-refractivity contribution in [3.8, 4) is 0 Å². The lowest BCUT2D eigenvalue weighted by molar-refractivity contribution is 0.679. The minimum absolute atomic E-state index is 0.600. The SMILES string of the molecule is Cc1ccc(S(C)(=[15NH])=O)cc1. The van der Waals surface area contributed by atoms with Crippen LogP contribution in [-0.4, -0.2) is 10.5 Å². The number of nitrogens with one attached hydrogen (secondary N) is 1. The quantitative estimate of drug-likeness (QED) is 0.644. The van der Waals surface area contributed by atoms with E-state index in [1.807, 2.05) is 19.1 Å². The van der Waals surface area contributed by atoms with Gasteiger partial charge in [0.2, 0.25) is 0 Å². The van der Waals surface area contributed by atoms with Crippen LogP contribution in [-0.2, 0) is 9.73 Å². The van der Waals surface area contributed by atoms with Crippen LogP contribution in [0.5, 0.6) is 0 Å². The van der Waals surface area contributed by atoms with Gasteiger partial charge in [-0.1, -0.05) is 17.7 Å². The molecule has 0 heterocycles. The van der Waals surface area contributed by atoms with Crippen molar-refractivity contribution in [3.63, 3.8) is 0 Å². The van der Waals surface area contributed by atoms with Crippen molar-refractivity contribution in [2.24, 2.45) is 0 Å². The summed E-state index contributed by atoms with van der Waals surface area (Å²) in [5, 5.41) is 0. The molecule has 1 atom stereocenters. The van der Waals surface area contributed by atoms with E-state index >= 15 is 0 Å². The summed E-state index contributed by atoms with van der Waals surface area (Å²) in [5.74, 6) is 0. The maximum Gasteiger partial charge on any atom is 0.0696 e. The molecule has 0 aliphatic heterocycles. The zero-order chi connectivity index (χ0) is 8.48. The minimum atomic E-state index is -2.52. The normalized spacial score (nSPS) is 15.8. The van der Waals surface area contributed by atoms with E-state index < -0.39 is 9.73 Å². The van der Waals surface area contributed by atoms with Gasteiger partial charge in [-0.3, -0.25) is 0 Å². The highest BCUT2D eigenvalue weighted by Crippen LogP contribution is 2.09. The van der Waals surface area contributed by atoms with E-state index in [2.05, 4.69) is 0 Å². The predicted molar refractivity (Wildman–Crippen MR) is 46.2 cm³/mol. The van der Waals surface area contributed by atoms with Crippen molar-refractivity contribution in [2.45, 2.75) is 11.8 Å². The largest absolute Gasteiger partial charge is 0.249 e. The number of rotatable bonds is 1. The van der Waals surface area contributed by atoms with Gasteiger partial charge in [0.1, 0.15) is 0 Å². The Balaban J connectivity index is 3.20. The fourth-order valence-electron chi connectivity index (χ4n) is 0.798. The Hall–Kier alpha value is -0.830. The molecule has 0 spiro atoms. The first-order valence-electron chi connectivity index (χ1n) is 3.30. The predicted octanol–water partition coefficient (Wildman–Crippen LogP) is 2.03. The first kappa shape index (κ1) is 8.27. The van der Waals surface area contributed by atoms with E-state index in [4.69, 9.17) is 4.78 Å². The molecule has 1 N–H and O–H groups in total. The summed E-state index contributed by atoms with van der Waals surface area (Å²) in [7, 11) is -2.52. The van der Waals surface area contributed by atoms with E-state index in [0.29, 0.717) is 4.90 Å². The van der Waals surface area contributed by atoms with Crippen molar-refractivity contribution in [3.05, 3.63) is 29.8 Å². The maximum atomic E-state index is 11.2. The Kier molecular flexibility index (Phi) is 2.00. The van der Waals surface area contributed by atoms with Crippen LogP contribution in [0, 0.1) is 11.7 Å². The van der Waals surface area contributed by atoms with Gasteiger partial charge in [0, 0.05) is 11.2 Å². The Bertz CT molecular complexity index is 337. The average Bonchev–Trinajstić information content (AvgIpc) is 1.86. The lowest BCUT2D eigenvalue weighted by Gasteiger charge is -1.99. The van der Waals surface area contributed by atoms with Gasteiger partial charge >= 0.3 is 0 Å². The Morgan fingerprint density at radius 3 is 2.09 bits per heavy atom. The second-order valence-corrected chi connectivity index (χ2v) is 4.82. The highest BCUT2D eigenvalue weighted by atomic mass is 32.2. The molecule has 0 aromatic heterocycles. The van der Waals surface area contributed by atoms with Gasteiger partial charge < -0.3 is 0 Å². The molecule has 0 saturated carbocycles. The number of hydrogen-bond acceptors (Lipinski definition) is 2. The highest BCUT2D eigenvalue weighted by molar-refractivity contribution is 7.91. The molecular weight excluding hydrogens is 159 g/mol. The molecule has 2 nitrogen and oxygen atoms in total. The van der Waals surface area contributed by atoms with E-state index in [0.717, 1.165) is 5.56 Å². The monoisotopic (exact) mass is 170 g/mol. The minimum Gasteiger partial charge on any atom is -0.249 e. The van der Waals surface area contributed by atoms with Crippen molar-refractivity contribution in [2.75, 3.05) is 6.26 Å². The Morgan fingerprint density at radius 1 is 1.27 bits per heavy atom. The molecule has 0 saturated heterocycles. The van der Waals surface area contributed by atoms with E-state index in [1.54, 1.807) is 12.1 Å². The number of hydrogen-bond donors (Lipinski definition) is 1. The molecule has 1 aromatic carbocycles. The van der Waals surface area contributed by atoms with Gasteiger partial charge in [0.05, 0.1) is 9.73 Å². The molecular formula is C8H11NOS. The van der Waals surface area contributed by atoms with Crippen molar-refractivity contribution < 1.29 is 4.21 Å². The molecule has 1 rings (SSSR count). The maximum absolute atomic E-state index is 11.2. The summed E-state index contributed by atoms with van der Waals surface area (Å²) >= 11 is 0. The molecule has 60 valence electrons. The smallest absolute Gasteiger partial charge is 0.0696 e. The molecule has 0 fully saturated rings. The van der Waals surface area contributed by atoms with Gasteiger partial charge in [-0.2, -0.15) is 0 Å². The van der Waals surface area contributed by atoms with Gasteiger partial charge in [-0.05, 0) is 19.1 Å². The molecule has 11 heavy (non-hydrogen) atoms. The van der Waals surface area contributed by atoms with Crippen molar-refractivity contribution in [1.29, 1.82) is 4.78 Å². The van der Waals surface area contributed by atoms with E-state index in [9.17, 15) is 4.21 Å². The van der Waals surface area contributed by atoms with Crippen LogP contribution in [0.25, 0.3) is 0 Å². The second-order valence-electron chi connectivity index (χ2n) is 2.66. The highest BCUT2D eigenvalue weighted by Gasteiger charge is 2.00. The molecule has 0 radical (unpaired) electrons. The molecule has 0 bridgehead atoms. The molecule has 3 heteroatoms. The standard InChI is InChI=1S/C8H11NOS/c1-7-3-5-8(6-4-7)11(2,9)10/h3-6,9H,1-2H3/i9+1. The van der Waals surface area contributed by atoms with Crippen LogP contribution < -0.4 is 0 Å². The van der Waals surface area contributed by atoms with Crippen LogP contribution in [0.3, 0.4) is 0 Å². The summed E-state index contributed by atoms with van der Waals surface area (Å²) in [6.45, 7) is 1.96. The third kappa shape index (κ3) is 2.05. The zero-order valence-corrected chi connectivity index (χ0v) is 7.44. The first-order valence-corrected chi connectivity index (χ1v) is 5.27. The Morgan fingerprint density at radius 2 is 1.73 bits per heavy atom. The molecule has 0 amide bonds. The average molecular weight is 170 g/mol. The number of benzene rings is 1. The van der Waals surface area contributed by atoms with Gasteiger partial charge in [0.25, 0.3) is 0 Å². The first-order chi connectivity index (χ1) is 5.00. The van der Waals surface area contributed by atoms with Crippen LogP contribution in [0.4, 0.5) is 0 Å². The van der Waals surface area contributed by atoms with Crippen LogP contribution in [0.2, 0.25) is 0 Å². The van der Waals surface area contributed by atoms with Gasteiger partial charge in [0.15, 0.2) is 0 Å². The van der Waals surface area contributed by atoms with Crippen LogP contribution in [0.1, 0.15) is 5.56 Å². The topological polar surface area (TPSA) is 40.9 Å². The summed E-state index contributed by atoms with van der Waals surface area (Å²) in [5.41, 5.74) is 1.12. The third-order valence-electron chi connectivity index (χ3n) is 1.47. The molecule has 1 unspecified atom stereocenters. The van der Waals surface area contributed by atoms with Crippen LogP contribution >= 0.6 is 0 Å². The lowest BCUT2D eigenvalue weighted by Crippen LogP contribution is -1.93. The van der Waals surface area contributed by atoms with Crippen molar-refractivity contribution >= 4 is 9.73 Å². The third-order valence-corrected chi connectivity index (χ3v) is 2.64. The lowest BCUT2D eigenvalue weighted by atomic mass is 10.2. The summed E-state index contributed by atoms with van der Waals surface area (Å²) < 4.78 is 18.4. The fourth-order valence-corrected chi connectivity index (χ4v) is 1.45. The van der Waals surface area contributed by atoms with Crippen molar-refractivity contribution in [1.82, 2.24) is 0 Å². The molecule has 0 aliphatic carbocycles. The Labute approximate surface area is 67.2 Å². The zero-order valence-electron chi connectivity index (χ0n) is 6.63. The fraction of sp³-hybridized carbons (Fsp3) is 0.250. The van der Waals surface area contributed by atoms with E-state index in [1.165, 1.54) is 6.26 Å². The summed E-state index contributed by atoms with van der Waals surface area (Å²) in [6, 6.07) is 7.22. The summed E-state index contributed by atoms with van der Waals surface area (Å²) in [4.78, 5) is 0.600. The second kappa shape index (κ2) is 2.66. The van der Waals surface area contributed by atoms with Gasteiger partial charge in [-0.15, -0.1) is 0 Å². The van der Waals surface area contributed by atoms with E-state index in [-0.39, 0.29) is 0 Å². The summed E-state index contributed by atoms with van der Waals surface area (Å²) in [6.07, 6.45) is 1.43. The molecule has 1 aromatic rings. The molecule has 0 aliphatic rings. The number of aryl methyl sites for hydroxylation is 1.